The molecular formula is C22H37Cl. The third-order valence-electron chi connectivity index (χ3n) is 4.90. The Morgan fingerprint density at radius 2 is 1.26 bits per heavy atom. The summed E-state index contributed by atoms with van der Waals surface area (Å²) < 4.78 is 0. The van der Waals surface area contributed by atoms with Crippen LogP contribution in [-0.2, 0) is 11.3 Å². The maximum absolute atomic E-state index is 7.25. The summed E-state index contributed by atoms with van der Waals surface area (Å²) in [6.45, 7) is 6.81. The molecule has 0 amide bonds. The number of rotatable bonds is 13. The van der Waals surface area contributed by atoms with E-state index in [0.29, 0.717) is 0 Å². The van der Waals surface area contributed by atoms with Crippen LogP contribution in [0, 0.1) is 0 Å². The highest BCUT2D eigenvalue weighted by Gasteiger charge is 2.30. The molecule has 0 nitrogen and oxygen atoms in total. The molecule has 0 saturated heterocycles. The zero-order valence-corrected chi connectivity index (χ0v) is 16.4. The number of aryl methyl sites for hydroxylation is 1. The lowest BCUT2D eigenvalue weighted by Crippen LogP contribution is -2.21. The summed E-state index contributed by atoms with van der Waals surface area (Å²) >= 11 is 7.25. The highest BCUT2D eigenvalue weighted by Crippen LogP contribution is 2.41. The summed E-state index contributed by atoms with van der Waals surface area (Å²) in [7, 11) is 0. The van der Waals surface area contributed by atoms with E-state index in [2.05, 4.69) is 45.0 Å². The molecule has 132 valence electrons. The first-order valence-corrected chi connectivity index (χ1v) is 10.3. The van der Waals surface area contributed by atoms with Crippen molar-refractivity contribution >= 4 is 11.6 Å². The van der Waals surface area contributed by atoms with Crippen LogP contribution in [0.25, 0.3) is 0 Å². The van der Waals surface area contributed by atoms with Gasteiger partial charge in [0.2, 0.25) is 0 Å². The second kappa shape index (κ2) is 12.0. The molecular weight excluding hydrogens is 300 g/mol. The fourth-order valence-electron chi connectivity index (χ4n) is 3.45. The van der Waals surface area contributed by atoms with Gasteiger partial charge in [-0.1, -0.05) is 96.4 Å². The smallest absolute Gasteiger partial charge is 0.0697 e. The molecule has 0 radical (unpaired) electrons. The standard InChI is InChI=1S/C22H37Cl/c1-4-7-10-15-20-16-11-12-17-21(20)22(23,18-13-8-5-2)19-14-9-6-3/h11-12,16-17H,4-10,13-15,18-19H2,1-3H3. The molecule has 0 atom stereocenters. The molecule has 1 rings (SSSR count). The van der Waals surface area contributed by atoms with Crippen molar-refractivity contribution in [1.29, 1.82) is 0 Å². The molecule has 23 heavy (non-hydrogen) atoms. The lowest BCUT2D eigenvalue weighted by molar-refractivity contribution is 0.454. The Kier molecular flexibility index (Phi) is 10.7. The maximum Gasteiger partial charge on any atom is 0.0697 e. The van der Waals surface area contributed by atoms with Gasteiger partial charge in [0.15, 0.2) is 0 Å². The number of halogens is 1. The third-order valence-corrected chi connectivity index (χ3v) is 5.48. The van der Waals surface area contributed by atoms with Crippen LogP contribution in [0.1, 0.15) is 103 Å². The molecule has 0 spiro atoms. The van der Waals surface area contributed by atoms with Crippen LogP contribution in [0.15, 0.2) is 24.3 Å². The van der Waals surface area contributed by atoms with Gasteiger partial charge in [0.05, 0.1) is 4.87 Å². The van der Waals surface area contributed by atoms with E-state index in [4.69, 9.17) is 11.6 Å². The molecule has 1 heteroatoms. The molecule has 1 aromatic carbocycles. The van der Waals surface area contributed by atoms with Gasteiger partial charge in [0.1, 0.15) is 0 Å². The van der Waals surface area contributed by atoms with Gasteiger partial charge in [-0.25, -0.2) is 0 Å². The van der Waals surface area contributed by atoms with Crippen LogP contribution in [0.2, 0.25) is 0 Å². The second-order valence-electron chi connectivity index (χ2n) is 6.99. The SMILES string of the molecule is CCCCCc1ccccc1C(Cl)(CCCCC)CCCCC. The summed E-state index contributed by atoms with van der Waals surface area (Å²) in [5, 5.41) is 0. The largest absolute Gasteiger partial charge is 0.114 e. The summed E-state index contributed by atoms with van der Waals surface area (Å²) in [6, 6.07) is 8.96. The van der Waals surface area contributed by atoms with Crippen LogP contribution in [-0.4, -0.2) is 0 Å². The van der Waals surface area contributed by atoms with Gasteiger partial charge < -0.3 is 0 Å². The first kappa shape index (κ1) is 20.6. The average molecular weight is 337 g/mol. The fourth-order valence-corrected chi connectivity index (χ4v) is 3.90. The van der Waals surface area contributed by atoms with Crippen molar-refractivity contribution in [3.05, 3.63) is 35.4 Å². The van der Waals surface area contributed by atoms with Crippen molar-refractivity contribution in [2.45, 2.75) is 103 Å². The molecule has 0 aromatic heterocycles. The lowest BCUT2D eigenvalue weighted by Gasteiger charge is -2.30. The van der Waals surface area contributed by atoms with Crippen LogP contribution in [0.4, 0.5) is 0 Å². The molecule has 0 N–H and O–H groups in total. The van der Waals surface area contributed by atoms with Crippen LogP contribution in [0.3, 0.4) is 0 Å². The van der Waals surface area contributed by atoms with E-state index in [1.54, 1.807) is 0 Å². The molecule has 0 aliphatic heterocycles. The van der Waals surface area contributed by atoms with Crippen molar-refractivity contribution in [3.8, 4) is 0 Å². The van der Waals surface area contributed by atoms with E-state index in [1.165, 1.54) is 75.3 Å². The summed E-state index contributed by atoms with van der Waals surface area (Å²) in [4.78, 5) is -0.146. The molecule has 0 unspecified atom stereocenters. The monoisotopic (exact) mass is 336 g/mol. The van der Waals surface area contributed by atoms with E-state index in [9.17, 15) is 0 Å². The van der Waals surface area contributed by atoms with Gasteiger partial charge in [-0.3, -0.25) is 0 Å². The Bertz CT molecular complexity index is 400. The van der Waals surface area contributed by atoms with Crippen LogP contribution in [0.5, 0.6) is 0 Å². The first-order valence-electron chi connectivity index (χ1n) is 9.95. The Hall–Kier alpha value is -0.490. The van der Waals surface area contributed by atoms with E-state index < -0.39 is 0 Å². The van der Waals surface area contributed by atoms with Gasteiger partial charge >= 0.3 is 0 Å². The molecule has 0 aliphatic carbocycles. The molecule has 0 aliphatic rings. The minimum atomic E-state index is -0.146. The summed E-state index contributed by atoms with van der Waals surface area (Å²) in [5.41, 5.74) is 2.91. The number of unbranched alkanes of at least 4 members (excludes halogenated alkanes) is 6. The molecule has 0 saturated carbocycles. The molecule has 0 bridgehead atoms. The lowest BCUT2D eigenvalue weighted by atomic mass is 9.83. The van der Waals surface area contributed by atoms with Crippen molar-refractivity contribution in [2.24, 2.45) is 0 Å². The number of alkyl halides is 1. The molecule has 1 aromatic rings. The van der Waals surface area contributed by atoms with Gasteiger partial charge in [-0.15, -0.1) is 11.6 Å². The van der Waals surface area contributed by atoms with Crippen LogP contribution >= 0.6 is 11.6 Å². The Morgan fingerprint density at radius 1 is 0.739 bits per heavy atom. The minimum absolute atomic E-state index is 0.146. The van der Waals surface area contributed by atoms with Crippen LogP contribution < -0.4 is 0 Å². The summed E-state index contributed by atoms with van der Waals surface area (Å²) in [6.07, 6.45) is 14.9. The van der Waals surface area contributed by atoms with Gasteiger partial charge in [0, 0.05) is 0 Å². The average Bonchev–Trinajstić information content (AvgIpc) is 2.56. The normalized spacial score (nSPS) is 11.8. The topological polar surface area (TPSA) is 0 Å². The predicted octanol–water partition coefficient (Wildman–Crippen LogP) is 8.01. The fraction of sp³-hybridized carbons (Fsp3) is 0.727. The number of hydrogen-bond acceptors (Lipinski definition) is 0. The number of benzene rings is 1. The van der Waals surface area contributed by atoms with Gasteiger partial charge in [0.25, 0.3) is 0 Å². The summed E-state index contributed by atoms with van der Waals surface area (Å²) in [5.74, 6) is 0. The quantitative estimate of drug-likeness (QED) is 0.252. The van der Waals surface area contributed by atoms with Crippen molar-refractivity contribution in [1.82, 2.24) is 0 Å². The molecule has 0 fully saturated rings. The second-order valence-corrected chi connectivity index (χ2v) is 7.72. The van der Waals surface area contributed by atoms with E-state index >= 15 is 0 Å². The third kappa shape index (κ3) is 7.29. The number of hydrogen-bond donors (Lipinski definition) is 0. The van der Waals surface area contributed by atoms with Crippen molar-refractivity contribution < 1.29 is 0 Å². The first-order chi connectivity index (χ1) is 11.2. The highest BCUT2D eigenvalue weighted by molar-refractivity contribution is 6.24. The zero-order valence-electron chi connectivity index (χ0n) is 15.7. The van der Waals surface area contributed by atoms with Gasteiger partial charge in [-0.05, 0) is 36.8 Å². The van der Waals surface area contributed by atoms with E-state index in [1.807, 2.05) is 0 Å². The highest BCUT2D eigenvalue weighted by atomic mass is 35.5. The van der Waals surface area contributed by atoms with Crippen molar-refractivity contribution in [3.63, 3.8) is 0 Å². The molecule has 0 heterocycles. The minimum Gasteiger partial charge on any atom is -0.114 e. The maximum atomic E-state index is 7.25. The van der Waals surface area contributed by atoms with E-state index in [-0.39, 0.29) is 4.87 Å². The van der Waals surface area contributed by atoms with E-state index in [0.717, 1.165) is 12.8 Å². The zero-order chi connectivity index (χ0) is 17.0. The van der Waals surface area contributed by atoms with Crippen molar-refractivity contribution in [2.75, 3.05) is 0 Å². The Balaban J connectivity index is 2.90. The predicted molar refractivity (Wildman–Crippen MR) is 105 cm³/mol. The Morgan fingerprint density at radius 3 is 1.83 bits per heavy atom. The Labute approximate surface area is 150 Å². The van der Waals surface area contributed by atoms with Gasteiger partial charge in [-0.2, -0.15) is 0 Å².